The maximum atomic E-state index is 13.8. The fraction of sp³-hybridized carbons (Fsp3) is 0.0741. The Labute approximate surface area is 207 Å². The Bertz CT molecular complexity index is 1480. The van der Waals surface area contributed by atoms with E-state index < -0.39 is 27.6 Å². The number of methoxy groups -OCH3 is 1. The molecule has 36 heavy (non-hydrogen) atoms. The minimum Gasteiger partial charge on any atom is -0.497 e. The van der Waals surface area contributed by atoms with Crippen molar-refractivity contribution in [2.24, 2.45) is 0 Å². The van der Waals surface area contributed by atoms with Gasteiger partial charge < -0.3 is 10.1 Å². The molecule has 0 fully saturated rings. The second-order valence-corrected chi connectivity index (χ2v) is 9.64. The molecule has 1 amide bonds. The van der Waals surface area contributed by atoms with Gasteiger partial charge in [-0.15, -0.1) is 0 Å². The summed E-state index contributed by atoms with van der Waals surface area (Å²) in [6, 6.07) is 24.0. The number of halogens is 2. The molecule has 9 heteroatoms. The van der Waals surface area contributed by atoms with Crippen LogP contribution in [0.2, 0.25) is 0 Å². The summed E-state index contributed by atoms with van der Waals surface area (Å²) in [4.78, 5) is 13.2. The van der Waals surface area contributed by atoms with E-state index >= 15 is 0 Å². The molecule has 0 saturated carbocycles. The van der Waals surface area contributed by atoms with Crippen LogP contribution in [0.4, 0.5) is 20.2 Å². The number of benzene rings is 4. The van der Waals surface area contributed by atoms with Crippen LogP contribution >= 0.6 is 0 Å². The number of rotatable bonds is 8. The zero-order valence-corrected chi connectivity index (χ0v) is 20.0. The van der Waals surface area contributed by atoms with Gasteiger partial charge in [-0.05, 0) is 54.1 Å². The molecule has 0 unspecified atom stereocenters. The molecular weight excluding hydrogens is 486 g/mol. The highest BCUT2D eigenvalue weighted by molar-refractivity contribution is 7.92. The average molecular weight is 509 g/mol. The van der Waals surface area contributed by atoms with Crippen LogP contribution in [0, 0.1) is 11.6 Å². The minimum atomic E-state index is -4.13. The van der Waals surface area contributed by atoms with E-state index in [1.807, 2.05) is 6.07 Å². The van der Waals surface area contributed by atoms with Gasteiger partial charge in [0.15, 0.2) is 11.6 Å². The molecule has 0 atom stereocenters. The number of sulfonamides is 1. The van der Waals surface area contributed by atoms with Gasteiger partial charge >= 0.3 is 0 Å². The first-order chi connectivity index (χ1) is 17.3. The molecule has 0 spiro atoms. The van der Waals surface area contributed by atoms with Gasteiger partial charge in [-0.25, -0.2) is 17.2 Å². The standard InChI is InChI=1S/C27H22F2N2O4S/c1-35-21-12-14-22(15-13-21)36(33,34)31(18-19-7-3-2-4-8-19)26-10-6-5-9-23(26)27(32)30-20-11-16-24(28)25(29)17-20/h2-17H,18H2,1H3,(H,30,32). The Kier molecular flexibility index (Phi) is 7.30. The van der Waals surface area contributed by atoms with E-state index in [4.69, 9.17) is 4.74 Å². The molecule has 184 valence electrons. The molecule has 1 N–H and O–H groups in total. The highest BCUT2D eigenvalue weighted by Crippen LogP contribution is 2.30. The summed E-state index contributed by atoms with van der Waals surface area (Å²) in [5.74, 6) is -2.35. The number of hydrogen-bond acceptors (Lipinski definition) is 4. The molecule has 4 aromatic rings. The average Bonchev–Trinajstić information content (AvgIpc) is 2.90. The molecule has 0 aliphatic rings. The van der Waals surface area contributed by atoms with Crippen molar-refractivity contribution >= 4 is 27.3 Å². The number of amides is 1. The second kappa shape index (κ2) is 10.6. The number of anilines is 2. The second-order valence-electron chi connectivity index (χ2n) is 7.77. The van der Waals surface area contributed by atoms with Gasteiger partial charge in [-0.2, -0.15) is 0 Å². The van der Waals surface area contributed by atoms with E-state index in [0.29, 0.717) is 11.3 Å². The number of hydrogen-bond donors (Lipinski definition) is 1. The molecule has 0 heterocycles. The number of carbonyl (C=O) groups is 1. The Morgan fingerprint density at radius 2 is 1.53 bits per heavy atom. The molecule has 0 aromatic heterocycles. The predicted octanol–water partition coefficient (Wildman–Crippen LogP) is 5.62. The van der Waals surface area contributed by atoms with Gasteiger partial charge in [0.05, 0.1) is 29.8 Å². The fourth-order valence-corrected chi connectivity index (χ4v) is 5.05. The van der Waals surface area contributed by atoms with E-state index in [0.717, 1.165) is 16.4 Å². The van der Waals surface area contributed by atoms with Crippen molar-refractivity contribution < 1.29 is 26.7 Å². The van der Waals surface area contributed by atoms with Crippen molar-refractivity contribution in [3.8, 4) is 5.75 Å². The first kappa shape index (κ1) is 24.9. The molecular formula is C27H22F2N2O4S. The summed E-state index contributed by atoms with van der Waals surface area (Å²) in [5, 5.41) is 2.51. The van der Waals surface area contributed by atoms with Crippen LogP contribution in [0.5, 0.6) is 5.75 Å². The Morgan fingerprint density at radius 1 is 0.861 bits per heavy atom. The molecule has 6 nitrogen and oxygen atoms in total. The van der Waals surface area contributed by atoms with E-state index in [2.05, 4.69) is 5.32 Å². The van der Waals surface area contributed by atoms with Gasteiger partial charge in [0.2, 0.25) is 0 Å². The van der Waals surface area contributed by atoms with Crippen LogP contribution in [-0.4, -0.2) is 21.4 Å². The zero-order valence-electron chi connectivity index (χ0n) is 19.2. The van der Waals surface area contributed by atoms with Gasteiger partial charge in [0, 0.05) is 11.8 Å². The Hall–Kier alpha value is -4.24. The molecule has 0 aliphatic heterocycles. The third-order valence-corrected chi connectivity index (χ3v) is 7.19. The SMILES string of the molecule is COc1ccc(S(=O)(=O)N(Cc2ccccc2)c2ccccc2C(=O)Nc2ccc(F)c(F)c2)cc1. The highest BCUT2D eigenvalue weighted by Gasteiger charge is 2.29. The topological polar surface area (TPSA) is 75.7 Å². The quantitative estimate of drug-likeness (QED) is 0.335. The van der Waals surface area contributed by atoms with Gasteiger partial charge in [0.1, 0.15) is 5.75 Å². The third-order valence-electron chi connectivity index (χ3n) is 5.41. The van der Waals surface area contributed by atoms with Crippen molar-refractivity contribution in [1.29, 1.82) is 0 Å². The van der Waals surface area contributed by atoms with Crippen molar-refractivity contribution in [1.82, 2.24) is 0 Å². The van der Waals surface area contributed by atoms with Crippen molar-refractivity contribution in [2.75, 3.05) is 16.7 Å². The Balaban J connectivity index is 1.77. The normalized spacial score (nSPS) is 11.1. The first-order valence-electron chi connectivity index (χ1n) is 10.9. The van der Waals surface area contributed by atoms with Gasteiger partial charge in [0.25, 0.3) is 15.9 Å². The zero-order chi connectivity index (χ0) is 25.7. The number of nitrogens with one attached hydrogen (secondary N) is 1. The molecule has 0 aliphatic carbocycles. The molecule has 4 aromatic carbocycles. The highest BCUT2D eigenvalue weighted by atomic mass is 32.2. The number of ether oxygens (including phenoxy) is 1. The smallest absolute Gasteiger partial charge is 0.264 e. The van der Waals surface area contributed by atoms with E-state index in [1.165, 1.54) is 49.6 Å². The van der Waals surface area contributed by atoms with E-state index in [9.17, 15) is 22.0 Å². The van der Waals surface area contributed by atoms with Crippen LogP contribution in [0.1, 0.15) is 15.9 Å². The summed E-state index contributed by atoms with van der Waals surface area (Å²) in [6.45, 7) is -0.0509. The van der Waals surface area contributed by atoms with Crippen LogP contribution in [0.25, 0.3) is 0 Å². The lowest BCUT2D eigenvalue weighted by atomic mass is 10.1. The summed E-state index contributed by atoms with van der Waals surface area (Å²) in [7, 11) is -2.65. The number of carbonyl (C=O) groups excluding carboxylic acids is 1. The largest absolute Gasteiger partial charge is 0.497 e. The number of para-hydroxylation sites is 1. The molecule has 4 rings (SSSR count). The van der Waals surface area contributed by atoms with Gasteiger partial charge in [-0.1, -0.05) is 42.5 Å². The minimum absolute atomic E-state index is 0.00930. The lowest BCUT2D eigenvalue weighted by molar-refractivity contribution is 0.102. The monoisotopic (exact) mass is 508 g/mol. The lowest BCUT2D eigenvalue weighted by Gasteiger charge is -2.26. The van der Waals surface area contributed by atoms with Crippen molar-refractivity contribution in [3.05, 3.63) is 120 Å². The van der Waals surface area contributed by atoms with Crippen LogP contribution in [0.15, 0.2) is 102 Å². The summed E-state index contributed by atoms with van der Waals surface area (Å²) in [6.07, 6.45) is 0. The molecule has 0 bridgehead atoms. The predicted molar refractivity (Wildman–Crippen MR) is 134 cm³/mol. The molecule has 0 saturated heterocycles. The fourth-order valence-electron chi connectivity index (χ4n) is 3.58. The van der Waals surface area contributed by atoms with Crippen LogP contribution in [-0.2, 0) is 16.6 Å². The summed E-state index contributed by atoms with van der Waals surface area (Å²) in [5.41, 5.74) is 0.888. The van der Waals surface area contributed by atoms with Crippen molar-refractivity contribution in [2.45, 2.75) is 11.4 Å². The maximum Gasteiger partial charge on any atom is 0.264 e. The lowest BCUT2D eigenvalue weighted by Crippen LogP contribution is -2.32. The third kappa shape index (κ3) is 5.36. The van der Waals surface area contributed by atoms with Crippen LogP contribution < -0.4 is 14.4 Å². The van der Waals surface area contributed by atoms with E-state index in [-0.39, 0.29) is 28.4 Å². The van der Waals surface area contributed by atoms with Gasteiger partial charge in [-0.3, -0.25) is 9.10 Å². The summed E-state index contributed by atoms with van der Waals surface area (Å²) < 4.78 is 60.9. The molecule has 0 radical (unpaired) electrons. The van der Waals surface area contributed by atoms with Crippen LogP contribution in [0.3, 0.4) is 0 Å². The van der Waals surface area contributed by atoms with Crippen molar-refractivity contribution in [3.63, 3.8) is 0 Å². The number of nitrogens with zero attached hydrogens (tertiary/aromatic N) is 1. The van der Waals surface area contributed by atoms with E-state index in [1.54, 1.807) is 36.4 Å². The Morgan fingerprint density at radius 3 is 2.19 bits per heavy atom. The first-order valence-corrected chi connectivity index (χ1v) is 12.3. The summed E-state index contributed by atoms with van der Waals surface area (Å²) >= 11 is 0. The maximum absolute atomic E-state index is 13.8.